The van der Waals surface area contributed by atoms with Crippen LogP contribution in [0.15, 0.2) is 60.7 Å². The molecule has 0 spiro atoms. The lowest BCUT2D eigenvalue weighted by Gasteiger charge is -2.02. The molecule has 0 saturated heterocycles. The quantitative estimate of drug-likeness (QED) is 0.681. The van der Waals surface area contributed by atoms with Gasteiger partial charge in [0.25, 0.3) is 5.91 Å². The lowest BCUT2D eigenvalue weighted by atomic mass is 10.2. The smallest absolute Gasteiger partial charge is 0.296 e. The van der Waals surface area contributed by atoms with Crippen molar-refractivity contribution in [3.63, 3.8) is 0 Å². The number of aryl methyl sites for hydroxylation is 1. The van der Waals surface area contributed by atoms with Crippen molar-refractivity contribution < 1.29 is 9.59 Å². The molecule has 0 aliphatic carbocycles. The van der Waals surface area contributed by atoms with Gasteiger partial charge in [0.05, 0.1) is 0 Å². The van der Waals surface area contributed by atoms with Gasteiger partial charge in [0, 0.05) is 5.69 Å². The zero-order valence-electron chi connectivity index (χ0n) is 11.2. The molecule has 0 bridgehead atoms. The third kappa shape index (κ3) is 3.92. The van der Waals surface area contributed by atoms with Gasteiger partial charge in [-0.15, -0.1) is 0 Å². The molecule has 0 aliphatic rings. The molecule has 20 heavy (non-hydrogen) atoms. The average molecular weight is 265 g/mol. The Kier molecular flexibility index (Phi) is 4.45. The molecule has 0 unspecified atom stereocenters. The Balaban J connectivity index is 1.97. The van der Waals surface area contributed by atoms with Crippen molar-refractivity contribution in [3.8, 4) is 0 Å². The Morgan fingerprint density at radius 2 is 1.60 bits per heavy atom. The topological polar surface area (TPSA) is 46.2 Å². The normalized spacial score (nSPS) is 10.4. The molecule has 1 N–H and O–H groups in total. The van der Waals surface area contributed by atoms with E-state index in [9.17, 15) is 9.59 Å². The predicted octanol–water partition coefficient (Wildman–Crippen LogP) is 3.22. The van der Waals surface area contributed by atoms with E-state index in [2.05, 4.69) is 5.32 Å². The summed E-state index contributed by atoms with van der Waals surface area (Å²) in [6, 6.07) is 16.6. The number of nitrogens with one attached hydrogen (secondary N) is 1. The molecule has 3 heteroatoms. The van der Waals surface area contributed by atoms with Crippen molar-refractivity contribution in [2.24, 2.45) is 0 Å². The first-order valence-corrected chi connectivity index (χ1v) is 6.30. The van der Waals surface area contributed by atoms with Crippen LogP contribution in [-0.2, 0) is 9.59 Å². The van der Waals surface area contributed by atoms with Gasteiger partial charge in [-0.2, -0.15) is 0 Å². The highest BCUT2D eigenvalue weighted by Gasteiger charge is 2.09. The molecule has 0 aliphatic heterocycles. The van der Waals surface area contributed by atoms with Crippen LogP contribution in [0.5, 0.6) is 0 Å². The maximum Gasteiger partial charge on any atom is 0.296 e. The van der Waals surface area contributed by atoms with Crippen molar-refractivity contribution in [3.05, 3.63) is 71.8 Å². The zero-order chi connectivity index (χ0) is 14.4. The fourth-order valence-corrected chi connectivity index (χ4v) is 1.64. The van der Waals surface area contributed by atoms with Crippen molar-refractivity contribution >= 4 is 23.5 Å². The van der Waals surface area contributed by atoms with E-state index in [0.717, 1.165) is 11.1 Å². The summed E-state index contributed by atoms with van der Waals surface area (Å²) in [4.78, 5) is 23.4. The van der Waals surface area contributed by atoms with Crippen LogP contribution in [0.25, 0.3) is 6.08 Å². The van der Waals surface area contributed by atoms with Crippen molar-refractivity contribution in [1.29, 1.82) is 0 Å². The van der Waals surface area contributed by atoms with Crippen LogP contribution in [-0.4, -0.2) is 11.7 Å². The molecule has 1 amide bonds. The number of benzene rings is 2. The van der Waals surface area contributed by atoms with E-state index in [4.69, 9.17) is 0 Å². The molecule has 2 aromatic carbocycles. The minimum Gasteiger partial charge on any atom is -0.319 e. The molecular weight excluding hydrogens is 250 g/mol. The Hall–Kier alpha value is -2.68. The molecule has 0 radical (unpaired) electrons. The van der Waals surface area contributed by atoms with Gasteiger partial charge in [-0.1, -0.05) is 54.1 Å². The van der Waals surface area contributed by atoms with E-state index in [1.165, 1.54) is 6.08 Å². The van der Waals surface area contributed by atoms with E-state index < -0.39 is 11.7 Å². The second-order valence-electron chi connectivity index (χ2n) is 4.43. The van der Waals surface area contributed by atoms with E-state index >= 15 is 0 Å². The first-order chi connectivity index (χ1) is 9.65. The van der Waals surface area contributed by atoms with Gasteiger partial charge in [0.15, 0.2) is 0 Å². The molecule has 0 atom stereocenters. The van der Waals surface area contributed by atoms with Gasteiger partial charge in [-0.25, -0.2) is 0 Å². The number of hydrogen-bond acceptors (Lipinski definition) is 2. The summed E-state index contributed by atoms with van der Waals surface area (Å²) >= 11 is 0. The largest absolute Gasteiger partial charge is 0.319 e. The van der Waals surface area contributed by atoms with Crippen LogP contribution < -0.4 is 5.32 Å². The van der Waals surface area contributed by atoms with Crippen LogP contribution in [0, 0.1) is 6.92 Å². The fraction of sp³-hybridized carbons (Fsp3) is 0.0588. The third-order valence-electron chi connectivity index (χ3n) is 2.76. The van der Waals surface area contributed by atoms with Crippen LogP contribution in [0.4, 0.5) is 5.69 Å². The second kappa shape index (κ2) is 6.48. The Morgan fingerprint density at radius 1 is 0.950 bits per heavy atom. The van der Waals surface area contributed by atoms with E-state index in [-0.39, 0.29) is 0 Å². The van der Waals surface area contributed by atoms with Crippen molar-refractivity contribution in [1.82, 2.24) is 0 Å². The molecule has 0 aromatic heterocycles. The first-order valence-electron chi connectivity index (χ1n) is 6.30. The number of hydrogen-bond donors (Lipinski definition) is 1. The summed E-state index contributed by atoms with van der Waals surface area (Å²) in [5.41, 5.74) is 2.59. The summed E-state index contributed by atoms with van der Waals surface area (Å²) in [7, 11) is 0. The van der Waals surface area contributed by atoms with Crippen LogP contribution in [0.1, 0.15) is 11.1 Å². The van der Waals surface area contributed by atoms with Gasteiger partial charge in [0.2, 0.25) is 5.78 Å². The summed E-state index contributed by atoms with van der Waals surface area (Å²) < 4.78 is 0. The van der Waals surface area contributed by atoms with Crippen LogP contribution in [0.2, 0.25) is 0 Å². The van der Waals surface area contributed by atoms with Crippen molar-refractivity contribution in [2.75, 3.05) is 5.32 Å². The molecular formula is C17H15NO2. The molecule has 100 valence electrons. The molecule has 3 nitrogen and oxygen atoms in total. The zero-order valence-corrected chi connectivity index (χ0v) is 11.2. The highest BCUT2D eigenvalue weighted by atomic mass is 16.2. The minimum absolute atomic E-state index is 0.575. The van der Waals surface area contributed by atoms with E-state index in [1.807, 2.05) is 49.4 Å². The monoisotopic (exact) mass is 265 g/mol. The number of rotatable bonds is 4. The molecule has 0 saturated carbocycles. The average Bonchev–Trinajstić information content (AvgIpc) is 2.48. The third-order valence-corrected chi connectivity index (χ3v) is 2.76. The van der Waals surface area contributed by atoms with E-state index in [1.54, 1.807) is 18.2 Å². The van der Waals surface area contributed by atoms with Gasteiger partial charge in [-0.05, 0) is 30.7 Å². The Bertz CT molecular complexity index is 628. The van der Waals surface area contributed by atoms with Gasteiger partial charge >= 0.3 is 0 Å². The predicted molar refractivity (Wildman–Crippen MR) is 80.3 cm³/mol. The van der Waals surface area contributed by atoms with Crippen molar-refractivity contribution in [2.45, 2.75) is 6.92 Å². The number of ketones is 1. The van der Waals surface area contributed by atoms with Crippen LogP contribution in [0.3, 0.4) is 0 Å². The van der Waals surface area contributed by atoms with Gasteiger partial charge < -0.3 is 5.32 Å². The number of carbonyl (C=O) groups excluding carboxylic acids is 2. The summed E-state index contributed by atoms with van der Waals surface area (Å²) in [5, 5.41) is 2.57. The lowest BCUT2D eigenvalue weighted by molar-refractivity contribution is -0.131. The maximum absolute atomic E-state index is 11.7. The summed E-state index contributed by atoms with van der Waals surface area (Å²) in [6.45, 7) is 1.96. The number of anilines is 1. The maximum atomic E-state index is 11.7. The molecule has 2 aromatic rings. The first kappa shape index (κ1) is 13.7. The fourth-order valence-electron chi connectivity index (χ4n) is 1.64. The lowest BCUT2D eigenvalue weighted by Crippen LogP contribution is -2.20. The molecule has 0 heterocycles. The summed E-state index contributed by atoms with van der Waals surface area (Å²) in [6.07, 6.45) is 2.90. The number of amides is 1. The molecule has 2 rings (SSSR count). The Morgan fingerprint density at radius 3 is 2.25 bits per heavy atom. The summed E-state index contributed by atoms with van der Waals surface area (Å²) in [5.74, 6) is -1.21. The highest BCUT2D eigenvalue weighted by molar-refractivity contribution is 6.45. The highest BCUT2D eigenvalue weighted by Crippen LogP contribution is 2.08. The molecule has 0 fully saturated rings. The van der Waals surface area contributed by atoms with E-state index in [0.29, 0.717) is 5.69 Å². The Labute approximate surface area is 117 Å². The van der Waals surface area contributed by atoms with Gasteiger partial charge in [-0.3, -0.25) is 9.59 Å². The SMILES string of the molecule is Cc1ccc(NC(=O)C(=O)/C=C/c2ccccc2)cc1. The second-order valence-corrected chi connectivity index (χ2v) is 4.43. The van der Waals surface area contributed by atoms with Gasteiger partial charge in [0.1, 0.15) is 0 Å². The standard InChI is InChI=1S/C17H15NO2/c1-13-7-10-15(11-8-13)18-17(20)16(19)12-9-14-5-3-2-4-6-14/h2-12H,1H3,(H,18,20)/b12-9+. The minimum atomic E-state index is -0.638. The number of carbonyl (C=O) groups is 2. The van der Waals surface area contributed by atoms with Crippen LogP contribution >= 0.6 is 0 Å².